The number of anilines is 2. The Kier molecular flexibility index (Phi) is 6.22. The highest BCUT2D eigenvalue weighted by Crippen LogP contribution is 2.30. The second kappa shape index (κ2) is 9.22. The topological polar surface area (TPSA) is 102 Å². The summed E-state index contributed by atoms with van der Waals surface area (Å²) in [6.45, 7) is 4.79. The molecular weight excluding hydrogens is 401 g/mol. The molecule has 3 heterocycles. The zero-order valence-corrected chi connectivity index (χ0v) is 17.4. The maximum Gasteiger partial charge on any atom is 0.338 e. The third kappa shape index (κ3) is 4.88. The third-order valence-electron chi connectivity index (χ3n) is 5.12. The molecule has 0 radical (unpaired) electrons. The number of esters is 1. The fraction of sp³-hybridized carbons (Fsp3) is 0.364. The van der Waals surface area contributed by atoms with E-state index in [1.807, 2.05) is 6.92 Å². The number of benzene rings is 1. The molecule has 1 saturated heterocycles. The summed E-state index contributed by atoms with van der Waals surface area (Å²) in [5, 5.41) is 3.02. The predicted molar refractivity (Wildman–Crippen MR) is 113 cm³/mol. The fourth-order valence-electron chi connectivity index (χ4n) is 3.56. The number of carbonyl (C=O) groups excluding carboxylic acids is 1. The Hall–Kier alpha value is -3.33. The Bertz CT molecular complexity index is 1050. The molecule has 2 N–H and O–H groups in total. The van der Waals surface area contributed by atoms with E-state index in [9.17, 15) is 9.18 Å². The van der Waals surface area contributed by atoms with Gasteiger partial charge in [0.25, 0.3) is 0 Å². The number of aromatic nitrogens is 4. The van der Waals surface area contributed by atoms with E-state index in [1.54, 1.807) is 37.4 Å². The van der Waals surface area contributed by atoms with Gasteiger partial charge in [-0.2, -0.15) is 0 Å². The minimum atomic E-state index is -0.543. The van der Waals surface area contributed by atoms with Crippen molar-refractivity contribution in [2.24, 2.45) is 0 Å². The first kappa shape index (κ1) is 20.9. The highest BCUT2D eigenvalue weighted by Gasteiger charge is 2.24. The van der Waals surface area contributed by atoms with E-state index in [1.165, 1.54) is 0 Å². The third-order valence-corrected chi connectivity index (χ3v) is 5.12. The molecule has 2 atom stereocenters. The van der Waals surface area contributed by atoms with Gasteiger partial charge in [-0.1, -0.05) is 0 Å². The molecule has 3 aromatic rings. The van der Waals surface area contributed by atoms with E-state index in [-0.39, 0.29) is 29.6 Å². The lowest BCUT2D eigenvalue weighted by Crippen LogP contribution is -2.22. The van der Waals surface area contributed by atoms with Crippen molar-refractivity contribution in [2.75, 3.05) is 18.5 Å². The van der Waals surface area contributed by atoms with Gasteiger partial charge in [0, 0.05) is 18.2 Å². The lowest BCUT2D eigenvalue weighted by Gasteiger charge is -2.25. The van der Waals surface area contributed by atoms with Crippen LogP contribution in [0.4, 0.5) is 16.0 Å². The number of rotatable bonds is 6. The van der Waals surface area contributed by atoms with Crippen LogP contribution < -0.4 is 5.32 Å². The van der Waals surface area contributed by atoms with Crippen molar-refractivity contribution in [2.45, 2.75) is 38.7 Å². The Morgan fingerprint density at radius 2 is 2.10 bits per heavy atom. The maximum atomic E-state index is 14.5. The van der Waals surface area contributed by atoms with Crippen LogP contribution in [0.25, 0.3) is 11.4 Å². The summed E-state index contributed by atoms with van der Waals surface area (Å²) in [5.41, 5.74) is 1.74. The molecule has 0 bridgehead atoms. The number of hydrogen-bond donors (Lipinski definition) is 2. The van der Waals surface area contributed by atoms with Gasteiger partial charge in [0.2, 0.25) is 5.95 Å². The minimum absolute atomic E-state index is 0.138. The van der Waals surface area contributed by atoms with E-state index >= 15 is 0 Å². The van der Waals surface area contributed by atoms with Gasteiger partial charge in [0.05, 0.1) is 36.4 Å². The largest absolute Gasteiger partial charge is 0.462 e. The van der Waals surface area contributed by atoms with Crippen LogP contribution >= 0.6 is 0 Å². The average Bonchev–Trinajstić information content (AvgIpc) is 3.26. The van der Waals surface area contributed by atoms with Crippen molar-refractivity contribution >= 4 is 17.6 Å². The molecule has 2 aromatic heterocycles. The first-order valence-electron chi connectivity index (χ1n) is 10.3. The van der Waals surface area contributed by atoms with Crippen LogP contribution in [-0.2, 0) is 9.47 Å². The molecule has 1 fully saturated rings. The van der Waals surface area contributed by atoms with Gasteiger partial charge in [0.1, 0.15) is 11.5 Å². The number of aromatic amines is 1. The van der Waals surface area contributed by atoms with Crippen molar-refractivity contribution in [1.82, 2.24) is 19.9 Å². The van der Waals surface area contributed by atoms with E-state index < -0.39 is 5.82 Å². The second-order valence-electron chi connectivity index (χ2n) is 7.40. The molecule has 0 saturated carbocycles. The van der Waals surface area contributed by atoms with E-state index in [2.05, 4.69) is 25.3 Å². The average molecular weight is 425 g/mol. The predicted octanol–water partition coefficient (Wildman–Crippen LogP) is 4.21. The molecule has 31 heavy (non-hydrogen) atoms. The SMILES string of the molecule is CCOC(=O)c1ccc(Nc2ncc(F)c(-c3cnc(C4CCOC(C)C4)[nH]3)n2)cc1. The molecule has 4 rings (SSSR count). The fourth-order valence-corrected chi connectivity index (χ4v) is 3.56. The van der Waals surface area contributed by atoms with E-state index in [4.69, 9.17) is 9.47 Å². The van der Waals surface area contributed by atoms with Gasteiger partial charge in [-0.3, -0.25) is 0 Å². The van der Waals surface area contributed by atoms with Gasteiger partial charge in [-0.05, 0) is 51.0 Å². The minimum Gasteiger partial charge on any atom is -0.462 e. The monoisotopic (exact) mass is 425 g/mol. The van der Waals surface area contributed by atoms with Crippen molar-refractivity contribution in [3.05, 3.63) is 53.9 Å². The normalized spacial score (nSPS) is 18.5. The number of nitrogens with one attached hydrogen (secondary N) is 2. The smallest absolute Gasteiger partial charge is 0.338 e. The van der Waals surface area contributed by atoms with Crippen LogP contribution in [0.5, 0.6) is 0 Å². The van der Waals surface area contributed by atoms with Crippen LogP contribution in [0.1, 0.15) is 48.8 Å². The molecule has 8 nitrogen and oxygen atoms in total. The highest BCUT2D eigenvalue weighted by atomic mass is 19.1. The van der Waals surface area contributed by atoms with Gasteiger partial charge >= 0.3 is 5.97 Å². The Morgan fingerprint density at radius 1 is 1.29 bits per heavy atom. The molecule has 0 spiro atoms. The summed E-state index contributed by atoms with van der Waals surface area (Å²) in [5.74, 6) is 0.364. The number of hydrogen-bond acceptors (Lipinski definition) is 7. The summed E-state index contributed by atoms with van der Waals surface area (Å²) in [6, 6.07) is 6.69. The quantitative estimate of drug-likeness (QED) is 0.571. The summed E-state index contributed by atoms with van der Waals surface area (Å²) in [6.07, 6.45) is 4.63. The van der Waals surface area contributed by atoms with Crippen LogP contribution in [-0.4, -0.2) is 45.2 Å². The number of carbonyl (C=O) groups is 1. The van der Waals surface area contributed by atoms with E-state index in [0.717, 1.165) is 24.9 Å². The van der Waals surface area contributed by atoms with E-state index in [0.29, 0.717) is 30.2 Å². The summed E-state index contributed by atoms with van der Waals surface area (Å²) in [4.78, 5) is 27.7. The zero-order chi connectivity index (χ0) is 21.8. The Balaban J connectivity index is 1.51. The molecule has 9 heteroatoms. The summed E-state index contributed by atoms with van der Waals surface area (Å²) >= 11 is 0. The second-order valence-corrected chi connectivity index (χ2v) is 7.40. The van der Waals surface area contributed by atoms with Crippen molar-refractivity contribution < 1.29 is 18.7 Å². The first-order valence-corrected chi connectivity index (χ1v) is 10.3. The number of imidazole rings is 1. The Morgan fingerprint density at radius 3 is 2.84 bits per heavy atom. The standard InChI is InChI=1S/C22H24FN5O3/c1-3-30-21(29)14-4-6-16(7-5-14)26-22-25-11-17(23)19(28-22)18-12-24-20(27-18)15-8-9-31-13(2)10-15/h4-7,11-13,15H,3,8-10H2,1-2H3,(H,24,27)(H,25,26,28). The van der Waals surface area contributed by atoms with Gasteiger partial charge in [0.15, 0.2) is 5.82 Å². The Labute approximate surface area is 179 Å². The summed E-state index contributed by atoms with van der Waals surface area (Å²) in [7, 11) is 0. The van der Waals surface area contributed by atoms with Crippen LogP contribution in [0.15, 0.2) is 36.7 Å². The molecule has 1 aliphatic rings. The molecule has 0 amide bonds. The number of ether oxygens (including phenoxy) is 2. The molecule has 162 valence electrons. The number of halogens is 1. The van der Waals surface area contributed by atoms with Crippen LogP contribution in [0.2, 0.25) is 0 Å². The summed E-state index contributed by atoms with van der Waals surface area (Å²) < 4.78 is 25.0. The lowest BCUT2D eigenvalue weighted by atomic mass is 9.96. The van der Waals surface area contributed by atoms with Crippen molar-refractivity contribution in [3.63, 3.8) is 0 Å². The molecule has 1 aliphatic heterocycles. The maximum absolute atomic E-state index is 14.5. The van der Waals surface area contributed by atoms with Crippen molar-refractivity contribution in [3.8, 4) is 11.4 Å². The van der Waals surface area contributed by atoms with Crippen LogP contribution in [0.3, 0.4) is 0 Å². The van der Waals surface area contributed by atoms with Crippen molar-refractivity contribution in [1.29, 1.82) is 0 Å². The zero-order valence-electron chi connectivity index (χ0n) is 17.4. The molecule has 0 aliphatic carbocycles. The lowest BCUT2D eigenvalue weighted by molar-refractivity contribution is 0.0174. The number of H-pyrrole nitrogens is 1. The highest BCUT2D eigenvalue weighted by molar-refractivity contribution is 5.89. The first-order chi connectivity index (χ1) is 15.0. The van der Waals surface area contributed by atoms with Crippen LogP contribution in [0, 0.1) is 5.82 Å². The van der Waals surface area contributed by atoms with Gasteiger partial charge < -0.3 is 19.8 Å². The molecule has 2 unspecified atom stereocenters. The van der Waals surface area contributed by atoms with Gasteiger partial charge in [-0.15, -0.1) is 0 Å². The number of nitrogens with zero attached hydrogens (tertiary/aromatic N) is 3. The van der Waals surface area contributed by atoms with Gasteiger partial charge in [-0.25, -0.2) is 24.1 Å². The molecular formula is C22H24FN5O3. The molecule has 1 aromatic carbocycles.